The lowest BCUT2D eigenvalue weighted by Gasteiger charge is -2.42. The van der Waals surface area contributed by atoms with E-state index < -0.39 is 16.4 Å². The molecule has 1 saturated heterocycles. The molecule has 0 aromatic carbocycles. The van der Waals surface area contributed by atoms with Crippen molar-refractivity contribution in [2.45, 2.75) is 38.6 Å². The van der Waals surface area contributed by atoms with Gasteiger partial charge in [0.2, 0.25) is 0 Å². The predicted molar refractivity (Wildman–Crippen MR) is 70.7 cm³/mol. The van der Waals surface area contributed by atoms with Crippen molar-refractivity contribution >= 4 is 11.7 Å². The number of aromatic nitrogens is 2. The summed E-state index contributed by atoms with van der Waals surface area (Å²) in [5, 5.41) is 27.7. The maximum absolute atomic E-state index is 11.2. The summed E-state index contributed by atoms with van der Waals surface area (Å²) in [6.45, 7) is 4.56. The van der Waals surface area contributed by atoms with E-state index in [1.54, 1.807) is 4.68 Å². The fourth-order valence-electron chi connectivity index (χ4n) is 2.70. The van der Waals surface area contributed by atoms with Crippen LogP contribution in [-0.2, 0) is 23.2 Å². The molecule has 1 aliphatic heterocycles. The van der Waals surface area contributed by atoms with Gasteiger partial charge in [0.05, 0.1) is 16.9 Å². The fraction of sp³-hybridized carbons (Fsp3) is 0.667. The van der Waals surface area contributed by atoms with Crippen molar-refractivity contribution in [1.82, 2.24) is 15.1 Å². The molecule has 0 radical (unpaired) electrons. The Morgan fingerprint density at radius 3 is 2.50 bits per heavy atom. The summed E-state index contributed by atoms with van der Waals surface area (Å²) in [7, 11) is 0. The van der Waals surface area contributed by atoms with Crippen LogP contribution in [-0.4, -0.2) is 38.9 Å². The molecule has 0 bridgehead atoms. The average Bonchev–Trinajstić information content (AvgIpc) is 2.72. The van der Waals surface area contributed by atoms with E-state index >= 15 is 0 Å². The molecule has 0 amide bonds. The van der Waals surface area contributed by atoms with Gasteiger partial charge in [0.1, 0.15) is 11.4 Å². The lowest BCUT2D eigenvalue weighted by molar-refractivity contribution is -0.386. The maximum Gasteiger partial charge on any atom is 0.313 e. The summed E-state index contributed by atoms with van der Waals surface area (Å²) in [5.41, 5.74) is 0.278. The molecule has 1 fully saturated rings. The second kappa shape index (κ2) is 5.20. The Balaban J connectivity index is 2.55. The van der Waals surface area contributed by atoms with Crippen LogP contribution in [0.25, 0.3) is 0 Å². The van der Waals surface area contributed by atoms with Crippen LogP contribution in [0.2, 0.25) is 0 Å². The molecule has 0 aliphatic carbocycles. The van der Waals surface area contributed by atoms with Crippen molar-refractivity contribution in [2.75, 3.05) is 13.1 Å². The van der Waals surface area contributed by atoms with Gasteiger partial charge in [-0.05, 0) is 12.8 Å². The predicted octanol–water partition coefficient (Wildman–Crippen LogP) is 0.689. The van der Waals surface area contributed by atoms with Crippen LogP contribution in [0, 0.1) is 10.1 Å². The highest BCUT2D eigenvalue weighted by molar-refractivity contribution is 5.68. The number of nitrogens with one attached hydrogen (secondary N) is 1. The fourth-order valence-corrected chi connectivity index (χ4v) is 2.70. The lowest BCUT2D eigenvalue weighted by Crippen LogP contribution is -2.62. The third-order valence-corrected chi connectivity index (χ3v) is 3.71. The van der Waals surface area contributed by atoms with E-state index in [0.29, 0.717) is 37.3 Å². The van der Waals surface area contributed by atoms with E-state index in [1.807, 2.05) is 13.8 Å². The quantitative estimate of drug-likeness (QED) is 0.586. The number of nitrogens with zero attached hydrogens (tertiary/aromatic N) is 3. The molecular formula is C12H18N4O4. The van der Waals surface area contributed by atoms with Crippen LogP contribution in [0.1, 0.15) is 31.7 Å². The van der Waals surface area contributed by atoms with E-state index in [-0.39, 0.29) is 12.1 Å². The number of nitro groups is 1. The molecule has 0 atom stereocenters. The monoisotopic (exact) mass is 282 g/mol. The molecule has 8 nitrogen and oxygen atoms in total. The number of aryl methyl sites for hydroxylation is 1. The Hall–Kier alpha value is -1.96. The minimum atomic E-state index is -0.926. The van der Waals surface area contributed by atoms with Crippen molar-refractivity contribution in [2.24, 2.45) is 0 Å². The van der Waals surface area contributed by atoms with E-state index in [9.17, 15) is 14.9 Å². The number of carboxylic acid groups (broad SMARTS) is 1. The first kappa shape index (κ1) is 14.4. The molecule has 2 N–H and O–H groups in total. The van der Waals surface area contributed by atoms with E-state index in [0.717, 1.165) is 0 Å². The Morgan fingerprint density at radius 1 is 1.50 bits per heavy atom. The third kappa shape index (κ3) is 2.15. The van der Waals surface area contributed by atoms with Crippen LogP contribution < -0.4 is 5.32 Å². The Morgan fingerprint density at radius 2 is 2.15 bits per heavy atom. The molecule has 2 heterocycles. The standard InChI is InChI=1S/C12H18N4O4/c1-3-8-11(16(19)20)9(4-2)15(14-8)12(5-10(17)18)6-13-7-12/h13H,3-7H2,1-2H3,(H,17,18). The Labute approximate surface area is 115 Å². The molecule has 0 saturated carbocycles. The van der Waals surface area contributed by atoms with Crippen molar-refractivity contribution in [3.63, 3.8) is 0 Å². The second-order valence-electron chi connectivity index (χ2n) is 5.02. The number of carbonyl (C=O) groups is 1. The molecular weight excluding hydrogens is 264 g/mol. The number of rotatable bonds is 6. The van der Waals surface area contributed by atoms with Gasteiger partial charge in [-0.3, -0.25) is 19.6 Å². The van der Waals surface area contributed by atoms with Crippen LogP contribution >= 0.6 is 0 Å². The van der Waals surface area contributed by atoms with Gasteiger partial charge >= 0.3 is 11.7 Å². The highest BCUT2D eigenvalue weighted by Crippen LogP contribution is 2.33. The Kier molecular flexibility index (Phi) is 3.76. The molecule has 20 heavy (non-hydrogen) atoms. The van der Waals surface area contributed by atoms with Gasteiger partial charge in [0.25, 0.3) is 0 Å². The molecule has 0 unspecified atom stereocenters. The Bertz CT molecular complexity index is 548. The number of aliphatic carboxylic acids is 1. The van der Waals surface area contributed by atoms with E-state index in [2.05, 4.69) is 10.4 Å². The summed E-state index contributed by atoms with van der Waals surface area (Å²) in [5.74, 6) is -0.926. The van der Waals surface area contributed by atoms with Gasteiger partial charge in [-0.15, -0.1) is 0 Å². The summed E-state index contributed by atoms with van der Waals surface area (Å²) < 4.78 is 1.58. The van der Waals surface area contributed by atoms with Gasteiger partial charge < -0.3 is 10.4 Å². The molecule has 1 aromatic rings. The van der Waals surface area contributed by atoms with Gasteiger partial charge in [0.15, 0.2) is 0 Å². The normalized spacial score (nSPS) is 16.7. The lowest BCUT2D eigenvalue weighted by atomic mass is 9.88. The topological polar surface area (TPSA) is 110 Å². The average molecular weight is 282 g/mol. The number of carboxylic acids is 1. The summed E-state index contributed by atoms with van der Waals surface area (Å²) >= 11 is 0. The molecule has 110 valence electrons. The second-order valence-corrected chi connectivity index (χ2v) is 5.02. The minimum Gasteiger partial charge on any atom is -0.481 e. The zero-order chi connectivity index (χ0) is 14.9. The summed E-state index contributed by atoms with van der Waals surface area (Å²) in [6.07, 6.45) is 0.812. The van der Waals surface area contributed by atoms with Gasteiger partial charge in [-0.25, -0.2) is 0 Å². The van der Waals surface area contributed by atoms with Crippen molar-refractivity contribution in [1.29, 1.82) is 0 Å². The van der Waals surface area contributed by atoms with Gasteiger partial charge in [-0.2, -0.15) is 5.10 Å². The summed E-state index contributed by atoms with van der Waals surface area (Å²) in [4.78, 5) is 21.9. The third-order valence-electron chi connectivity index (χ3n) is 3.71. The van der Waals surface area contributed by atoms with E-state index in [4.69, 9.17) is 5.11 Å². The molecule has 0 spiro atoms. The van der Waals surface area contributed by atoms with Crippen LogP contribution in [0.3, 0.4) is 0 Å². The van der Waals surface area contributed by atoms with Crippen molar-refractivity contribution in [3.05, 3.63) is 21.5 Å². The zero-order valence-electron chi connectivity index (χ0n) is 11.5. The van der Waals surface area contributed by atoms with Crippen LogP contribution in [0.4, 0.5) is 5.69 Å². The van der Waals surface area contributed by atoms with Crippen LogP contribution in [0.5, 0.6) is 0 Å². The number of hydrogen-bond acceptors (Lipinski definition) is 5. The highest BCUT2D eigenvalue weighted by atomic mass is 16.6. The SMILES string of the molecule is CCc1nn(C2(CC(=O)O)CNC2)c(CC)c1[N+](=O)[O-]. The van der Waals surface area contributed by atoms with Crippen molar-refractivity contribution in [3.8, 4) is 0 Å². The molecule has 1 aromatic heterocycles. The first-order valence-electron chi connectivity index (χ1n) is 6.63. The first-order chi connectivity index (χ1) is 9.45. The van der Waals surface area contributed by atoms with Crippen LogP contribution in [0.15, 0.2) is 0 Å². The molecule has 1 aliphatic rings. The summed E-state index contributed by atoms with van der Waals surface area (Å²) in [6, 6.07) is 0. The van der Waals surface area contributed by atoms with Gasteiger partial charge in [-0.1, -0.05) is 13.8 Å². The smallest absolute Gasteiger partial charge is 0.313 e. The molecule has 2 rings (SSSR count). The zero-order valence-corrected chi connectivity index (χ0v) is 11.5. The largest absolute Gasteiger partial charge is 0.481 e. The number of hydrogen-bond donors (Lipinski definition) is 2. The maximum atomic E-state index is 11.2. The molecule has 8 heteroatoms. The van der Waals surface area contributed by atoms with E-state index in [1.165, 1.54) is 0 Å². The van der Waals surface area contributed by atoms with Crippen molar-refractivity contribution < 1.29 is 14.8 Å². The first-order valence-corrected chi connectivity index (χ1v) is 6.63. The minimum absolute atomic E-state index is 0.0339. The van der Waals surface area contributed by atoms with Gasteiger partial charge in [0, 0.05) is 13.1 Å². The highest BCUT2D eigenvalue weighted by Gasteiger charge is 2.45.